The number of unbranched alkanes of at least 4 members (excludes halogenated alkanes) is 1. The second-order valence-electron chi connectivity index (χ2n) is 6.64. The van der Waals surface area contributed by atoms with E-state index in [9.17, 15) is 14.4 Å². The quantitative estimate of drug-likeness (QED) is 0.409. The fourth-order valence-corrected chi connectivity index (χ4v) is 4.99. The van der Waals surface area contributed by atoms with Gasteiger partial charge in [-0.05, 0) is 24.5 Å². The molecule has 3 atom stereocenters. The standard InChI is InChI=1S/C18H23N3O4S/c22-15(19-12-6-2-1-5-11(12)9-16(23)24)8-4-3-7-14-17-13(10-26-14)20-18(25)21-17/h1-2,5-6,13-14,17H,3-4,7-10H2,(H,19,22)(H,23,24)(H2,20,21,25)/t13-,14-,17-/m0/s1. The lowest BCUT2D eigenvalue weighted by Gasteiger charge is -2.16. The van der Waals surface area contributed by atoms with Gasteiger partial charge in [-0.3, -0.25) is 9.59 Å². The van der Waals surface area contributed by atoms with E-state index >= 15 is 0 Å². The Balaban J connectivity index is 1.40. The number of hydrogen-bond acceptors (Lipinski definition) is 4. The molecule has 1 aromatic rings. The van der Waals surface area contributed by atoms with Crippen molar-refractivity contribution in [1.29, 1.82) is 0 Å². The number of nitrogens with one attached hydrogen (secondary N) is 3. The Morgan fingerprint density at radius 3 is 2.85 bits per heavy atom. The molecule has 140 valence electrons. The maximum atomic E-state index is 12.1. The molecule has 4 N–H and O–H groups in total. The summed E-state index contributed by atoms with van der Waals surface area (Å²) in [5.41, 5.74) is 1.17. The van der Waals surface area contributed by atoms with Gasteiger partial charge in [-0.25, -0.2) is 4.79 Å². The number of hydrogen-bond donors (Lipinski definition) is 4. The number of anilines is 1. The first-order chi connectivity index (χ1) is 12.5. The molecule has 3 rings (SSSR count). The van der Waals surface area contributed by atoms with E-state index in [1.807, 2.05) is 11.8 Å². The molecule has 26 heavy (non-hydrogen) atoms. The Bertz CT molecular complexity index is 697. The molecule has 8 heteroatoms. The fourth-order valence-electron chi connectivity index (χ4n) is 3.45. The molecule has 2 fully saturated rings. The van der Waals surface area contributed by atoms with Crippen LogP contribution in [0.25, 0.3) is 0 Å². The van der Waals surface area contributed by atoms with Gasteiger partial charge in [0.05, 0.1) is 18.5 Å². The normalized spacial score (nSPS) is 23.8. The zero-order chi connectivity index (χ0) is 18.5. The number of fused-ring (bicyclic) bond motifs is 1. The van der Waals surface area contributed by atoms with Gasteiger partial charge < -0.3 is 21.1 Å². The predicted molar refractivity (Wildman–Crippen MR) is 100 cm³/mol. The highest BCUT2D eigenvalue weighted by molar-refractivity contribution is 8.00. The summed E-state index contributed by atoms with van der Waals surface area (Å²) in [5, 5.41) is 18.0. The zero-order valence-electron chi connectivity index (χ0n) is 14.4. The number of thioether (sulfide) groups is 1. The minimum atomic E-state index is -0.924. The SMILES string of the molecule is O=C(O)Cc1ccccc1NC(=O)CCCC[C@@H]1SC[C@@H]2NC(=O)N[C@@H]21. The number of benzene rings is 1. The van der Waals surface area contributed by atoms with Gasteiger partial charge in [-0.15, -0.1) is 0 Å². The summed E-state index contributed by atoms with van der Waals surface area (Å²) in [4.78, 5) is 34.4. The average molecular weight is 377 g/mol. The minimum Gasteiger partial charge on any atom is -0.481 e. The molecule has 3 amide bonds. The Kier molecular flexibility index (Phi) is 6.03. The molecule has 2 aliphatic rings. The highest BCUT2D eigenvalue weighted by atomic mass is 32.2. The van der Waals surface area contributed by atoms with Crippen LogP contribution in [0.15, 0.2) is 24.3 Å². The van der Waals surface area contributed by atoms with Crippen molar-refractivity contribution < 1.29 is 19.5 Å². The number of carbonyl (C=O) groups is 3. The van der Waals surface area contributed by atoms with E-state index in [0.717, 1.165) is 25.0 Å². The summed E-state index contributed by atoms with van der Waals surface area (Å²) in [6.45, 7) is 0. The molecule has 2 saturated heterocycles. The van der Waals surface area contributed by atoms with Crippen LogP contribution in [0, 0.1) is 0 Å². The third-order valence-corrected chi connectivity index (χ3v) is 6.22. The number of para-hydroxylation sites is 1. The molecular formula is C18H23N3O4S. The van der Waals surface area contributed by atoms with E-state index in [2.05, 4.69) is 16.0 Å². The molecule has 7 nitrogen and oxygen atoms in total. The van der Waals surface area contributed by atoms with Crippen molar-refractivity contribution in [3.8, 4) is 0 Å². The van der Waals surface area contributed by atoms with Gasteiger partial charge in [0.1, 0.15) is 0 Å². The smallest absolute Gasteiger partial charge is 0.315 e. The first-order valence-electron chi connectivity index (χ1n) is 8.81. The van der Waals surface area contributed by atoms with Gasteiger partial charge in [0.25, 0.3) is 0 Å². The second-order valence-corrected chi connectivity index (χ2v) is 7.92. The second kappa shape index (κ2) is 8.44. The van der Waals surface area contributed by atoms with E-state index in [4.69, 9.17) is 5.11 Å². The van der Waals surface area contributed by atoms with Crippen LogP contribution in [0.1, 0.15) is 31.2 Å². The number of carboxylic acid groups (broad SMARTS) is 1. The lowest BCUT2D eigenvalue weighted by molar-refractivity contribution is -0.136. The molecule has 1 aromatic carbocycles. The summed E-state index contributed by atoms with van der Waals surface area (Å²) < 4.78 is 0. The molecular weight excluding hydrogens is 354 g/mol. The molecule has 0 radical (unpaired) electrons. The summed E-state index contributed by atoms with van der Waals surface area (Å²) in [6.07, 6.45) is 2.94. The molecule has 0 spiro atoms. The van der Waals surface area contributed by atoms with Crippen LogP contribution in [0.5, 0.6) is 0 Å². The third-order valence-electron chi connectivity index (χ3n) is 4.71. The molecule has 0 saturated carbocycles. The molecule has 0 aliphatic carbocycles. The highest BCUT2D eigenvalue weighted by Gasteiger charge is 2.42. The highest BCUT2D eigenvalue weighted by Crippen LogP contribution is 2.33. The van der Waals surface area contributed by atoms with Crippen molar-refractivity contribution in [3.05, 3.63) is 29.8 Å². The van der Waals surface area contributed by atoms with Gasteiger partial charge >= 0.3 is 12.0 Å². The summed E-state index contributed by atoms with van der Waals surface area (Å²) in [5.74, 6) is -0.0854. The summed E-state index contributed by atoms with van der Waals surface area (Å²) >= 11 is 1.87. The van der Waals surface area contributed by atoms with Crippen LogP contribution < -0.4 is 16.0 Å². The molecule has 2 heterocycles. The monoisotopic (exact) mass is 377 g/mol. The number of aliphatic carboxylic acids is 1. The molecule has 2 aliphatic heterocycles. The zero-order valence-corrected chi connectivity index (χ0v) is 15.2. The molecule has 0 unspecified atom stereocenters. The largest absolute Gasteiger partial charge is 0.481 e. The Labute approximate surface area is 156 Å². The Hall–Kier alpha value is -2.22. The van der Waals surface area contributed by atoms with Crippen LogP contribution in [0.4, 0.5) is 10.5 Å². The van der Waals surface area contributed by atoms with Crippen molar-refractivity contribution in [2.24, 2.45) is 0 Å². The lowest BCUT2D eigenvalue weighted by atomic mass is 10.0. The summed E-state index contributed by atoms with van der Waals surface area (Å²) in [6, 6.07) is 7.32. The first-order valence-corrected chi connectivity index (χ1v) is 9.86. The van der Waals surface area contributed by atoms with Gasteiger partial charge in [0, 0.05) is 23.1 Å². The maximum absolute atomic E-state index is 12.1. The van der Waals surface area contributed by atoms with Crippen molar-refractivity contribution >= 4 is 35.4 Å². The number of rotatable bonds is 8. The van der Waals surface area contributed by atoms with Crippen LogP contribution in [-0.4, -0.2) is 46.1 Å². The van der Waals surface area contributed by atoms with Crippen molar-refractivity contribution in [2.75, 3.05) is 11.1 Å². The maximum Gasteiger partial charge on any atom is 0.315 e. The topological polar surface area (TPSA) is 108 Å². The van der Waals surface area contributed by atoms with E-state index in [-0.39, 0.29) is 30.4 Å². The van der Waals surface area contributed by atoms with Crippen LogP contribution in [0.2, 0.25) is 0 Å². The number of carbonyl (C=O) groups excluding carboxylic acids is 2. The van der Waals surface area contributed by atoms with Crippen molar-refractivity contribution in [1.82, 2.24) is 10.6 Å². The van der Waals surface area contributed by atoms with E-state index in [1.165, 1.54) is 0 Å². The molecule has 0 bridgehead atoms. The van der Waals surface area contributed by atoms with Crippen molar-refractivity contribution in [2.45, 2.75) is 49.4 Å². The first kappa shape index (κ1) is 18.6. The number of urea groups is 1. The number of amides is 3. The van der Waals surface area contributed by atoms with Crippen LogP contribution in [0.3, 0.4) is 0 Å². The van der Waals surface area contributed by atoms with Gasteiger partial charge in [0.2, 0.25) is 5.91 Å². The molecule has 0 aromatic heterocycles. The summed E-state index contributed by atoms with van der Waals surface area (Å²) in [7, 11) is 0. The Morgan fingerprint density at radius 2 is 2.04 bits per heavy atom. The van der Waals surface area contributed by atoms with Crippen LogP contribution in [-0.2, 0) is 16.0 Å². The van der Waals surface area contributed by atoms with E-state index in [0.29, 0.717) is 22.9 Å². The van der Waals surface area contributed by atoms with Crippen molar-refractivity contribution in [3.63, 3.8) is 0 Å². The van der Waals surface area contributed by atoms with Gasteiger partial charge in [-0.1, -0.05) is 24.6 Å². The van der Waals surface area contributed by atoms with E-state index < -0.39 is 5.97 Å². The van der Waals surface area contributed by atoms with Gasteiger partial charge in [-0.2, -0.15) is 11.8 Å². The number of carboxylic acids is 1. The van der Waals surface area contributed by atoms with E-state index in [1.54, 1.807) is 24.3 Å². The van der Waals surface area contributed by atoms with Crippen LogP contribution >= 0.6 is 11.8 Å². The Morgan fingerprint density at radius 1 is 1.23 bits per heavy atom. The third kappa shape index (κ3) is 4.69. The predicted octanol–water partition coefficient (Wildman–Crippen LogP) is 1.98. The average Bonchev–Trinajstić information content (AvgIpc) is 3.12. The fraction of sp³-hybridized carbons (Fsp3) is 0.500. The minimum absolute atomic E-state index is 0.0790. The van der Waals surface area contributed by atoms with Gasteiger partial charge in [0.15, 0.2) is 0 Å². The lowest BCUT2D eigenvalue weighted by Crippen LogP contribution is -2.36.